The number of esters is 1. The average Bonchev–Trinajstić information content (AvgIpc) is 2.36. The van der Waals surface area contributed by atoms with Gasteiger partial charge in [-0.05, 0) is 25.1 Å². The molecule has 1 aromatic carbocycles. The predicted molar refractivity (Wildman–Crippen MR) is 70.8 cm³/mol. The van der Waals surface area contributed by atoms with Crippen molar-refractivity contribution in [2.24, 2.45) is 0 Å². The van der Waals surface area contributed by atoms with E-state index in [2.05, 4.69) is 4.74 Å². The van der Waals surface area contributed by atoms with E-state index < -0.39 is 17.7 Å². The van der Waals surface area contributed by atoms with Gasteiger partial charge < -0.3 is 9.84 Å². The Balaban J connectivity index is 2.85. The molecule has 0 amide bonds. The van der Waals surface area contributed by atoms with Crippen LogP contribution in [0, 0.1) is 0 Å². The summed E-state index contributed by atoms with van der Waals surface area (Å²) < 4.78 is 4.59. The fraction of sp³-hybridized carbons (Fsp3) is 0.250. The first-order chi connectivity index (χ1) is 8.95. The lowest BCUT2D eigenvalue weighted by molar-refractivity contribution is -0.137. The second-order valence-corrected chi connectivity index (χ2v) is 4.83. The maximum Gasteiger partial charge on any atom is 0.379 e. The quantitative estimate of drug-likeness (QED) is 0.376. The Labute approximate surface area is 118 Å². The van der Waals surface area contributed by atoms with Crippen LogP contribution in [0.25, 0.3) is 0 Å². The molecule has 0 aliphatic carbocycles. The van der Waals surface area contributed by atoms with Gasteiger partial charge >= 0.3 is 11.9 Å². The number of benzene rings is 1. The zero-order valence-corrected chi connectivity index (χ0v) is 11.6. The number of hydrogen-bond acceptors (Lipinski definition) is 5. The highest BCUT2D eigenvalue weighted by Gasteiger charge is 2.20. The van der Waals surface area contributed by atoms with Gasteiger partial charge in [0.25, 0.3) is 5.78 Å². The summed E-state index contributed by atoms with van der Waals surface area (Å²) in [6, 6.07) is 4.36. The number of thioether (sulfide) groups is 1. The molecule has 1 aromatic rings. The van der Waals surface area contributed by atoms with Crippen LogP contribution in [0.15, 0.2) is 23.1 Å². The smallest absolute Gasteiger partial charge is 0.379 e. The second kappa shape index (κ2) is 7.16. The first kappa shape index (κ1) is 15.5. The number of carbonyl (C=O) groups is 3. The van der Waals surface area contributed by atoms with Crippen LogP contribution in [0.5, 0.6) is 0 Å². The van der Waals surface area contributed by atoms with Crippen LogP contribution in [-0.4, -0.2) is 35.2 Å². The van der Waals surface area contributed by atoms with Crippen LogP contribution in [0.3, 0.4) is 0 Å². The SMILES string of the molecule is CCOC(=O)C(=O)c1ccc(SCC(=O)O)cc1Cl. The van der Waals surface area contributed by atoms with Crippen molar-refractivity contribution in [1.29, 1.82) is 0 Å². The summed E-state index contributed by atoms with van der Waals surface area (Å²) in [5.74, 6) is -2.84. The molecule has 102 valence electrons. The number of carboxylic acid groups (broad SMARTS) is 1. The molecule has 0 aliphatic rings. The Morgan fingerprint density at radius 1 is 1.37 bits per heavy atom. The molecular formula is C12H11ClO5S. The molecule has 0 saturated carbocycles. The van der Waals surface area contributed by atoms with E-state index in [-0.39, 0.29) is 22.9 Å². The lowest BCUT2D eigenvalue weighted by atomic mass is 10.1. The summed E-state index contributed by atoms with van der Waals surface area (Å²) in [6.07, 6.45) is 0. The Morgan fingerprint density at radius 2 is 2.05 bits per heavy atom. The van der Waals surface area contributed by atoms with E-state index in [1.807, 2.05) is 0 Å². The predicted octanol–water partition coefficient (Wildman–Crippen LogP) is 2.26. The van der Waals surface area contributed by atoms with Crippen molar-refractivity contribution in [2.75, 3.05) is 12.4 Å². The fourth-order valence-corrected chi connectivity index (χ4v) is 2.21. The highest BCUT2D eigenvalue weighted by Crippen LogP contribution is 2.25. The molecule has 0 atom stereocenters. The Hall–Kier alpha value is -1.53. The molecule has 19 heavy (non-hydrogen) atoms. The van der Waals surface area contributed by atoms with Crippen LogP contribution in [0.4, 0.5) is 0 Å². The molecule has 5 nitrogen and oxygen atoms in total. The largest absolute Gasteiger partial charge is 0.481 e. The molecular weight excluding hydrogens is 292 g/mol. The van der Waals surface area contributed by atoms with Crippen molar-refractivity contribution < 1.29 is 24.2 Å². The van der Waals surface area contributed by atoms with Crippen LogP contribution in [0.2, 0.25) is 5.02 Å². The molecule has 0 saturated heterocycles. The number of ether oxygens (including phenoxy) is 1. The van der Waals surface area contributed by atoms with Crippen molar-refractivity contribution >= 4 is 41.1 Å². The van der Waals surface area contributed by atoms with E-state index in [9.17, 15) is 14.4 Å². The minimum absolute atomic E-state index is 0.0415. The Bertz CT molecular complexity index is 515. The zero-order valence-electron chi connectivity index (χ0n) is 10.0. The van der Waals surface area contributed by atoms with Crippen molar-refractivity contribution in [3.8, 4) is 0 Å². The van der Waals surface area contributed by atoms with E-state index in [0.717, 1.165) is 11.8 Å². The van der Waals surface area contributed by atoms with Gasteiger partial charge in [0.05, 0.1) is 17.4 Å². The Morgan fingerprint density at radius 3 is 2.58 bits per heavy atom. The molecule has 0 spiro atoms. The lowest BCUT2D eigenvalue weighted by Gasteiger charge is -2.05. The van der Waals surface area contributed by atoms with Crippen molar-refractivity contribution in [3.63, 3.8) is 0 Å². The van der Waals surface area contributed by atoms with Crippen molar-refractivity contribution in [3.05, 3.63) is 28.8 Å². The third-order valence-corrected chi connectivity index (χ3v) is 3.30. The number of rotatable bonds is 6. The molecule has 0 unspecified atom stereocenters. The zero-order chi connectivity index (χ0) is 14.4. The third-order valence-electron chi connectivity index (χ3n) is 2.01. The number of Topliss-reactive ketones (excluding diaryl/α,β-unsaturated/α-hetero) is 1. The fourth-order valence-electron chi connectivity index (χ4n) is 1.22. The van der Waals surface area contributed by atoms with Gasteiger partial charge in [0.2, 0.25) is 0 Å². The van der Waals surface area contributed by atoms with Gasteiger partial charge in [-0.25, -0.2) is 4.79 Å². The molecule has 0 bridgehead atoms. The molecule has 7 heteroatoms. The van der Waals surface area contributed by atoms with Crippen molar-refractivity contribution in [2.45, 2.75) is 11.8 Å². The molecule has 1 rings (SSSR count). The summed E-state index contributed by atoms with van der Waals surface area (Å²) in [7, 11) is 0. The van der Waals surface area contributed by atoms with Gasteiger partial charge in [0, 0.05) is 10.5 Å². The Kier molecular flexibility index (Phi) is 5.85. The number of hydrogen-bond donors (Lipinski definition) is 1. The summed E-state index contributed by atoms with van der Waals surface area (Å²) in [5.41, 5.74) is 0.0415. The van der Waals surface area contributed by atoms with Gasteiger partial charge in [0.15, 0.2) is 0 Å². The summed E-state index contributed by atoms with van der Waals surface area (Å²) in [5, 5.41) is 8.64. The first-order valence-electron chi connectivity index (χ1n) is 5.31. The van der Waals surface area contributed by atoms with Gasteiger partial charge in [-0.2, -0.15) is 0 Å². The van der Waals surface area contributed by atoms with E-state index in [0.29, 0.717) is 4.90 Å². The summed E-state index contributed by atoms with van der Waals surface area (Å²) in [6.45, 7) is 1.70. The second-order valence-electron chi connectivity index (χ2n) is 3.37. The van der Waals surface area contributed by atoms with Crippen molar-refractivity contribution in [1.82, 2.24) is 0 Å². The number of aliphatic carboxylic acids is 1. The highest BCUT2D eigenvalue weighted by atomic mass is 35.5. The maximum atomic E-state index is 11.7. The number of halogens is 1. The lowest BCUT2D eigenvalue weighted by Crippen LogP contribution is -2.17. The van der Waals surface area contributed by atoms with Gasteiger partial charge in [-0.3, -0.25) is 9.59 Å². The van der Waals surface area contributed by atoms with Crippen LogP contribution < -0.4 is 0 Å². The number of ketones is 1. The van der Waals surface area contributed by atoms with Gasteiger partial charge in [0.1, 0.15) is 0 Å². The minimum atomic E-state index is -0.963. The number of carbonyl (C=O) groups excluding carboxylic acids is 2. The monoisotopic (exact) mass is 302 g/mol. The summed E-state index contributed by atoms with van der Waals surface area (Å²) in [4.78, 5) is 34.0. The number of carboxylic acids is 1. The average molecular weight is 303 g/mol. The molecule has 0 heterocycles. The maximum absolute atomic E-state index is 11.7. The normalized spacial score (nSPS) is 10.0. The van der Waals surface area contributed by atoms with E-state index in [4.69, 9.17) is 16.7 Å². The summed E-state index contributed by atoms with van der Waals surface area (Å²) >= 11 is 6.96. The molecule has 0 aliphatic heterocycles. The van der Waals surface area contributed by atoms with Crippen LogP contribution in [0.1, 0.15) is 17.3 Å². The molecule has 0 fully saturated rings. The molecule has 1 N–H and O–H groups in total. The first-order valence-corrected chi connectivity index (χ1v) is 6.67. The van der Waals surface area contributed by atoms with Gasteiger partial charge in [-0.15, -0.1) is 11.8 Å². The molecule has 0 aromatic heterocycles. The van der Waals surface area contributed by atoms with E-state index in [1.165, 1.54) is 18.2 Å². The standard InChI is InChI=1S/C12H11ClO5S/c1-2-18-12(17)11(16)8-4-3-7(5-9(8)13)19-6-10(14)15/h3-5H,2,6H2,1H3,(H,14,15). The third kappa shape index (κ3) is 4.57. The van der Waals surface area contributed by atoms with Crippen LogP contribution >= 0.6 is 23.4 Å². The molecule has 0 radical (unpaired) electrons. The van der Waals surface area contributed by atoms with E-state index >= 15 is 0 Å². The minimum Gasteiger partial charge on any atom is -0.481 e. The topological polar surface area (TPSA) is 80.7 Å². The van der Waals surface area contributed by atoms with Crippen LogP contribution in [-0.2, 0) is 14.3 Å². The van der Waals surface area contributed by atoms with Gasteiger partial charge in [-0.1, -0.05) is 11.6 Å². The van der Waals surface area contributed by atoms with E-state index in [1.54, 1.807) is 6.92 Å². The highest BCUT2D eigenvalue weighted by molar-refractivity contribution is 8.00.